The van der Waals surface area contributed by atoms with Crippen LogP contribution in [0.15, 0.2) is 18.6 Å². The predicted molar refractivity (Wildman–Crippen MR) is 71.3 cm³/mol. The van der Waals surface area contributed by atoms with Gasteiger partial charge in [0.15, 0.2) is 0 Å². The Labute approximate surface area is 108 Å². The Morgan fingerprint density at radius 3 is 2.72 bits per heavy atom. The third-order valence-electron chi connectivity index (χ3n) is 3.11. The second-order valence-electron chi connectivity index (χ2n) is 4.40. The maximum absolute atomic E-state index is 4.44. The van der Waals surface area contributed by atoms with Gasteiger partial charge in [0.25, 0.3) is 0 Å². The Morgan fingerprint density at radius 1 is 1.22 bits per heavy atom. The first-order valence-electron chi connectivity index (χ1n) is 6.48. The molecule has 0 aliphatic rings. The van der Waals surface area contributed by atoms with Crippen molar-refractivity contribution < 1.29 is 0 Å². The van der Waals surface area contributed by atoms with E-state index >= 15 is 0 Å². The van der Waals surface area contributed by atoms with E-state index in [0.717, 1.165) is 26.2 Å². The fourth-order valence-electron chi connectivity index (χ4n) is 1.91. The highest BCUT2D eigenvalue weighted by Gasteiger charge is 2.07. The number of hydrogen-bond donors (Lipinski definition) is 1. The van der Waals surface area contributed by atoms with E-state index in [4.69, 9.17) is 0 Å². The van der Waals surface area contributed by atoms with Crippen molar-refractivity contribution in [1.82, 2.24) is 24.9 Å². The Bertz CT molecular complexity index is 497. The number of nitrogens with one attached hydrogen (secondary N) is 1. The van der Waals surface area contributed by atoms with Gasteiger partial charge in [0.2, 0.25) is 0 Å². The van der Waals surface area contributed by atoms with E-state index in [1.807, 2.05) is 21.8 Å². The summed E-state index contributed by atoms with van der Waals surface area (Å²) in [5, 5.41) is 12.0. The Morgan fingerprint density at radius 2 is 2.06 bits per heavy atom. The molecule has 0 fully saturated rings. The molecule has 0 aliphatic carbocycles. The number of aryl methyl sites for hydroxylation is 1. The molecule has 0 aromatic carbocycles. The quantitative estimate of drug-likeness (QED) is 0.843. The molecule has 2 aromatic heterocycles. The SMILES string of the molecule is CCNCc1cnn(Cc2cnn(CC)c2)c1C. The monoisotopic (exact) mass is 247 g/mol. The molecular formula is C13H21N5. The molecule has 0 atom stereocenters. The Balaban J connectivity index is 2.07. The van der Waals surface area contributed by atoms with E-state index in [0.29, 0.717) is 0 Å². The van der Waals surface area contributed by atoms with Crippen LogP contribution in [0, 0.1) is 6.92 Å². The van der Waals surface area contributed by atoms with Gasteiger partial charge in [-0.15, -0.1) is 0 Å². The third-order valence-corrected chi connectivity index (χ3v) is 3.11. The molecule has 0 spiro atoms. The molecule has 98 valence electrons. The molecule has 5 heteroatoms. The first kappa shape index (κ1) is 12.8. The Hall–Kier alpha value is -1.62. The highest BCUT2D eigenvalue weighted by atomic mass is 15.3. The van der Waals surface area contributed by atoms with Crippen LogP contribution in [0.1, 0.15) is 30.7 Å². The second kappa shape index (κ2) is 5.82. The first-order chi connectivity index (χ1) is 8.74. The van der Waals surface area contributed by atoms with Gasteiger partial charge >= 0.3 is 0 Å². The summed E-state index contributed by atoms with van der Waals surface area (Å²) >= 11 is 0. The third kappa shape index (κ3) is 2.79. The van der Waals surface area contributed by atoms with Gasteiger partial charge in [-0.2, -0.15) is 10.2 Å². The largest absolute Gasteiger partial charge is 0.313 e. The van der Waals surface area contributed by atoms with Crippen molar-refractivity contribution in [2.75, 3.05) is 6.54 Å². The van der Waals surface area contributed by atoms with Gasteiger partial charge in [0.05, 0.1) is 18.9 Å². The van der Waals surface area contributed by atoms with E-state index in [9.17, 15) is 0 Å². The van der Waals surface area contributed by atoms with Crippen LogP contribution in [-0.4, -0.2) is 26.1 Å². The van der Waals surface area contributed by atoms with Crippen molar-refractivity contribution in [2.24, 2.45) is 0 Å². The van der Waals surface area contributed by atoms with Crippen LogP contribution in [0.4, 0.5) is 0 Å². The summed E-state index contributed by atoms with van der Waals surface area (Å²) in [4.78, 5) is 0. The van der Waals surface area contributed by atoms with E-state index in [2.05, 4.69) is 42.5 Å². The standard InChI is InChI=1S/C13H21N5/c1-4-14-7-13-8-16-18(11(13)3)10-12-6-15-17(5-2)9-12/h6,8-9,14H,4-5,7,10H2,1-3H3. The molecule has 2 rings (SSSR count). The number of nitrogens with zero attached hydrogens (tertiary/aromatic N) is 4. The summed E-state index contributed by atoms with van der Waals surface area (Å²) in [6, 6.07) is 0. The summed E-state index contributed by atoms with van der Waals surface area (Å²) in [5.41, 5.74) is 3.68. The van der Waals surface area contributed by atoms with Gasteiger partial charge < -0.3 is 5.32 Å². The second-order valence-corrected chi connectivity index (χ2v) is 4.40. The summed E-state index contributed by atoms with van der Waals surface area (Å²) in [7, 11) is 0. The average molecular weight is 247 g/mol. The van der Waals surface area contributed by atoms with Crippen molar-refractivity contribution in [1.29, 1.82) is 0 Å². The molecule has 0 bridgehead atoms. The highest BCUT2D eigenvalue weighted by molar-refractivity contribution is 5.17. The molecule has 0 unspecified atom stereocenters. The predicted octanol–water partition coefficient (Wildman–Crippen LogP) is 1.57. The van der Waals surface area contributed by atoms with Crippen LogP contribution in [0.3, 0.4) is 0 Å². The molecule has 5 nitrogen and oxygen atoms in total. The summed E-state index contributed by atoms with van der Waals surface area (Å²) in [6.07, 6.45) is 5.93. The Kier molecular flexibility index (Phi) is 4.15. The molecular weight excluding hydrogens is 226 g/mol. The van der Waals surface area contributed by atoms with Crippen LogP contribution in [0.25, 0.3) is 0 Å². The molecule has 0 aliphatic heterocycles. The summed E-state index contributed by atoms with van der Waals surface area (Å²) in [6.45, 7) is 9.87. The molecule has 0 amide bonds. The van der Waals surface area contributed by atoms with Gasteiger partial charge in [-0.3, -0.25) is 9.36 Å². The molecule has 0 saturated heterocycles. The normalized spacial score (nSPS) is 11.1. The van der Waals surface area contributed by atoms with Crippen molar-refractivity contribution in [3.8, 4) is 0 Å². The fraction of sp³-hybridized carbons (Fsp3) is 0.538. The fourth-order valence-corrected chi connectivity index (χ4v) is 1.91. The lowest BCUT2D eigenvalue weighted by Gasteiger charge is -2.04. The molecule has 2 aromatic rings. The van der Waals surface area contributed by atoms with Gasteiger partial charge in [-0.05, 0) is 20.4 Å². The van der Waals surface area contributed by atoms with Crippen LogP contribution in [-0.2, 0) is 19.6 Å². The van der Waals surface area contributed by atoms with Crippen molar-refractivity contribution in [2.45, 2.75) is 40.4 Å². The molecule has 18 heavy (non-hydrogen) atoms. The van der Waals surface area contributed by atoms with E-state index in [1.165, 1.54) is 16.8 Å². The summed E-state index contributed by atoms with van der Waals surface area (Å²) < 4.78 is 3.97. The zero-order valence-electron chi connectivity index (χ0n) is 11.3. The van der Waals surface area contributed by atoms with Crippen LogP contribution in [0.5, 0.6) is 0 Å². The number of aromatic nitrogens is 4. The lowest BCUT2D eigenvalue weighted by Crippen LogP contribution is -2.12. The van der Waals surface area contributed by atoms with Crippen LogP contribution >= 0.6 is 0 Å². The van der Waals surface area contributed by atoms with Gasteiger partial charge in [0, 0.05) is 36.1 Å². The number of hydrogen-bond acceptors (Lipinski definition) is 3. The van der Waals surface area contributed by atoms with Gasteiger partial charge in [0.1, 0.15) is 0 Å². The smallest absolute Gasteiger partial charge is 0.0693 e. The minimum absolute atomic E-state index is 0.790. The molecule has 2 heterocycles. The highest BCUT2D eigenvalue weighted by Crippen LogP contribution is 2.09. The van der Waals surface area contributed by atoms with Crippen LogP contribution < -0.4 is 5.32 Å². The van der Waals surface area contributed by atoms with E-state index < -0.39 is 0 Å². The molecule has 0 saturated carbocycles. The zero-order valence-corrected chi connectivity index (χ0v) is 11.3. The first-order valence-corrected chi connectivity index (χ1v) is 6.48. The van der Waals surface area contributed by atoms with E-state index in [-0.39, 0.29) is 0 Å². The lowest BCUT2D eigenvalue weighted by molar-refractivity contribution is 0.647. The maximum atomic E-state index is 4.44. The van der Waals surface area contributed by atoms with Crippen molar-refractivity contribution in [3.05, 3.63) is 35.4 Å². The minimum Gasteiger partial charge on any atom is -0.313 e. The van der Waals surface area contributed by atoms with Gasteiger partial charge in [-0.1, -0.05) is 6.92 Å². The average Bonchev–Trinajstić information content (AvgIpc) is 2.96. The maximum Gasteiger partial charge on any atom is 0.0693 e. The van der Waals surface area contributed by atoms with E-state index in [1.54, 1.807) is 0 Å². The van der Waals surface area contributed by atoms with Crippen LogP contribution in [0.2, 0.25) is 0 Å². The summed E-state index contributed by atoms with van der Waals surface area (Å²) in [5.74, 6) is 0. The number of rotatable bonds is 6. The van der Waals surface area contributed by atoms with Crippen molar-refractivity contribution in [3.63, 3.8) is 0 Å². The van der Waals surface area contributed by atoms with Crippen molar-refractivity contribution >= 4 is 0 Å². The topological polar surface area (TPSA) is 47.7 Å². The minimum atomic E-state index is 0.790. The lowest BCUT2D eigenvalue weighted by atomic mass is 10.2. The van der Waals surface area contributed by atoms with Gasteiger partial charge in [-0.25, -0.2) is 0 Å². The zero-order chi connectivity index (χ0) is 13.0. The molecule has 0 radical (unpaired) electrons. The molecule has 1 N–H and O–H groups in total.